The summed E-state index contributed by atoms with van der Waals surface area (Å²) in [7, 11) is 0. The molecule has 0 saturated carbocycles. The van der Waals surface area contributed by atoms with Gasteiger partial charge in [-0.2, -0.15) is 5.26 Å². The summed E-state index contributed by atoms with van der Waals surface area (Å²) < 4.78 is 0. The first-order valence-electron chi connectivity index (χ1n) is 4.46. The highest BCUT2D eigenvalue weighted by molar-refractivity contribution is 5.67. The molecule has 1 N–H and O–H groups in total. The molecular weight excluding hydrogens is 172 g/mol. The third-order valence-electron chi connectivity index (χ3n) is 2.26. The van der Waals surface area contributed by atoms with Gasteiger partial charge >= 0.3 is 0 Å². The fraction of sp³-hybridized carbons (Fsp3) is 0.0833. The molecule has 1 heterocycles. The first-order chi connectivity index (χ1) is 6.81. The van der Waals surface area contributed by atoms with Crippen molar-refractivity contribution in [3.05, 3.63) is 47.8 Å². The van der Waals surface area contributed by atoms with Crippen LogP contribution in [0.3, 0.4) is 0 Å². The van der Waals surface area contributed by atoms with Crippen LogP contribution >= 0.6 is 0 Å². The molecule has 0 atom stereocenters. The number of aromatic nitrogens is 1. The molecule has 2 aromatic rings. The lowest BCUT2D eigenvalue weighted by Crippen LogP contribution is -1.78. The van der Waals surface area contributed by atoms with E-state index >= 15 is 0 Å². The van der Waals surface area contributed by atoms with Crippen LogP contribution in [0.25, 0.3) is 11.1 Å². The van der Waals surface area contributed by atoms with Crippen molar-refractivity contribution in [2.24, 2.45) is 0 Å². The normalized spacial score (nSPS) is 9.71. The standard InChI is InChI=1S/C12H10N2/c1-9-4-2-3-5-12(9)10-6-11(7-13)14-8-10/h2-6,8,14H,1H3. The molecule has 2 nitrogen and oxygen atoms in total. The van der Waals surface area contributed by atoms with Gasteiger partial charge in [0, 0.05) is 11.8 Å². The third kappa shape index (κ3) is 1.40. The molecule has 2 rings (SSSR count). The van der Waals surface area contributed by atoms with E-state index in [1.54, 1.807) is 0 Å². The summed E-state index contributed by atoms with van der Waals surface area (Å²) in [6, 6.07) is 12.1. The first kappa shape index (κ1) is 8.58. The van der Waals surface area contributed by atoms with Crippen LogP contribution in [0, 0.1) is 18.3 Å². The number of H-pyrrole nitrogens is 1. The maximum atomic E-state index is 8.69. The number of hydrogen-bond donors (Lipinski definition) is 1. The first-order valence-corrected chi connectivity index (χ1v) is 4.46. The SMILES string of the molecule is Cc1ccccc1-c1c[nH]c(C#N)c1. The Morgan fingerprint density at radius 3 is 2.71 bits per heavy atom. The molecule has 0 aliphatic heterocycles. The van der Waals surface area contributed by atoms with Crippen molar-refractivity contribution in [1.82, 2.24) is 4.98 Å². The van der Waals surface area contributed by atoms with Gasteiger partial charge in [-0.1, -0.05) is 24.3 Å². The summed E-state index contributed by atoms with van der Waals surface area (Å²) in [5.41, 5.74) is 4.06. The second kappa shape index (κ2) is 3.39. The molecule has 0 bridgehead atoms. The highest BCUT2D eigenvalue weighted by atomic mass is 14.7. The smallest absolute Gasteiger partial charge is 0.118 e. The van der Waals surface area contributed by atoms with Gasteiger partial charge in [0.15, 0.2) is 0 Å². The average Bonchev–Trinajstić information content (AvgIpc) is 2.67. The summed E-state index contributed by atoms with van der Waals surface area (Å²) in [5.74, 6) is 0. The molecule has 0 saturated heterocycles. The Balaban J connectivity index is 2.51. The Labute approximate surface area is 82.8 Å². The van der Waals surface area contributed by atoms with E-state index in [-0.39, 0.29) is 0 Å². The molecule has 0 aliphatic rings. The topological polar surface area (TPSA) is 39.6 Å². The Morgan fingerprint density at radius 2 is 2.07 bits per heavy atom. The van der Waals surface area contributed by atoms with Gasteiger partial charge in [-0.15, -0.1) is 0 Å². The zero-order chi connectivity index (χ0) is 9.97. The Kier molecular flexibility index (Phi) is 2.08. The third-order valence-corrected chi connectivity index (χ3v) is 2.26. The van der Waals surface area contributed by atoms with Crippen LogP contribution in [0.1, 0.15) is 11.3 Å². The predicted octanol–water partition coefficient (Wildman–Crippen LogP) is 2.86. The molecule has 0 amide bonds. The molecular formula is C12H10N2. The number of benzene rings is 1. The van der Waals surface area contributed by atoms with Crippen molar-refractivity contribution in [2.45, 2.75) is 6.92 Å². The number of nitrogens with one attached hydrogen (secondary N) is 1. The van der Waals surface area contributed by atoms with Gasteiger partial charge in [0.25, 0.3) is 0 Å². The van der Waals surface area contributed by atoms with E-state index in [9.17, 15) is 0 Å². The van der Waals surface area contributed by atoms with E-state index in [0.717, 1.165) is 5.56 Å². The summed E-state index contributed by atoms with van der Waals surface area (Å²) in [4.78, 5) is 2.92. The summed E-state index contributed by atoms with van der Waals surface area (Å²) in [6.07, 6.45) is 1.86. The van der Waals surface area contributed by atoms with Gasteiger partial charge in [-0.25, -0.2) is 0 Å². The van der Waals surface area contributed by atoms with Crippen LogP contribution in [0.2, 0.25) is 0 Å². The fourth-order valence-corrected chi connectivity index (χ4v) is 1.51. The van der Waals surface area contributed by atoms with Gasteiger partial charge in [0.05, 0.1) is 0 Å². The molecule has 1 aromatic carbocycles. The van der Waals surface area contributed by atoms with Crippen LogP contribution < -0.4 is 0 Å². The lowest BCUT2D eigenvalue weighted by atomic mass is 10.0. The number of rotatable bonds is 1. The molecule has 68 valence electrons. The number of nitrogens with zero attached hydrogens (tertiary/aromatic N) is 1. The Hall–Kier alpha value is -2.01. The van der Waals surface area contributed by atoms with Crippen LogP contribution in [0.15, 0.2) is 36.5 Å². The zero-order valence-corrected chi connectivity index (χ0v) is 7.91. The zero-order valence-electron chi connectivity index (χ0n) is 7.91. The molecule has 0 unspecified atom stereocenters. The van der Waals surface area contributed by atoms with Gasteiger partial charge < -0.3 is 4.98 Å². The minimum Gasteiger partial charge on any atom is -0.353 e. The Bertz CT molecular complexity index is 489. The van der Waals surface area contributed by atoms with Crippen LogP contribution in [0.5, 0.6) is 0 Å². The molecule has 1 aromatic heterocycles. The molecule has 0 radical (unpaired) electrons. The van der Waals surface area contributed by atoms with E-state index in [1.807, 2.05) is 24.4 Å². The molecule has 14 heavy (non-hydrogen) atoms. The van der Waals surface area contributed by atoms with E-state index < -0.39 is 0 Å². The van der Waals surface area contributed by atoms with E-state index in [4.69, 9.17) is 5.26 Å². The number of aromatic amines is 1. The van der Waals surface area contributed by atoms with E-state index in [0.29, 0.717) is 5.69 Å². The lowest BCUT2D eigenvalue weighted by molar-refractivity contribution is 1.33. The van der Waals surface area contributed by atoms with Gasteiger partial charge in [-0.3, -0.25) is 0 Å². The van der Waals surface area contributed by atoms with E-state index in [1.165, 1.54) is 11.1 Å². The second-order valence-corrected chi connectivity index (χ2v) is 3.23. The van der Waals surface area contributed by atoms with Crippen molar-refractivity contribution in [3.8, 4) is 17.2 Å². The fourth-order valence-electron chi connectivity index (χ4n) is 1.51. The summed E-state index contributed by atoms with van der Waals surface area (Å²) >= 11 is 0. The maximum Gasteiger partial charge on any atom is 0.118 e. The minimum atomic E-state index is 0.600. The van der Waals surface area contributed by atoms with Crippen LogP contribution in [-0.4, -0.2) is 4.98 Å². The lowest BCUT2D eigenvalue weighted by Gasteiger charge is -2.00. The highest BCUT2D eigenvalue weighted by Gasteiger charge is 2.02. The number of hydrogen-bond acceptors (Lipinski definition) is 1. The van der Waals surface area contributed by atoms with Gasteiger partial charge in [0.2, 0.25) is 0 Å². The summed E-state index contributed by atoms with van der Waals surface area (Å²) in [5, 5.41) is 8.69. The summed E-state index contributed by atoms with van der Waals surface area (Å²) in [6.45, 7) is 2.06. The molecule has 2 heteroatoms. The van der Waals surface area contributed by atoms with Crippen molar-refractivity contribution in [2.75, 3.05) is 0 Å². The number of nitriles is 1. The quantitative estimate of drug-likeness (QED) is 0.723. The monoisotopic (exact) mass is 182 g/mol. The highest BCUT2D eigenvalue weighted by Crippen LogP contribution is 2.23. The van der Waals surface area contributed by atoms with Crippen molar-refractivity contribution in [3.63, 3.8) is 0 Å². The second-order valence-electron chi connectivity index (χ2n) is 3.23. The van der Waals surface area contributed by atoms with E-state index in [2.05, 4.69) is 30.1 Å². The molecule has 0 aliphatic carbocycles. The predicted molar refractivity (Wildman–Crippen MR) is 55.7 cm³/mol. The Morgan fingerprint density at radius 1 is 1.29 bits per heavy atom. The largest absolute Gasteiger partial charge is 0.353 e. The molecule has 0 fully saturated rings. The van der Waals surface area contributed by atoms with Gasteiger partial charge in [0.1, 0.15) is 11.8 Å². The minimum absolute atomic E-state index is 0.600. The van der Waals surface area contributed by atoms with Crippen molar-refractivity contribution in [1.29, 1.82) is 5.26 Å². The average molecular weight is 182 g/mol. The van der Waals surface area contributed by atoms with Crippen LogP contribution in [-0.2, 0) is 0 Å². The van der Waals surface area contributed by atoms with Crippen LogP contribution in [0.4, 0.5) is 0 Å². The maximum absolute atomic E-state index is 8.69. The van der Waals surface area contributed by atoms with Gasteiger partial charge in [-0.05, 0) is 24.1 Å². The number of aryl methyl sites for hydroxylation is 1. The van der Waals surface area contributed by atoms with Crippen molar-refractivity contribution >= 4 is 0 Å². The van der Waals surface area contributed by atoms with Crippen molar-refractivity contribution < 1.29 is 0 Å². The molecule has 0 spiro atoms.